The Morgan fingerprint density at radius 3 is 2.69 bits per heavy atom. The van der Waals surface area contributed by atoms with E-state index in [1.807, 2.05) is 6.07 Å². The molecular weight excluding hydrogens is 462 g/mol. The summed E-state index contributed by atoms with van der Waals surface area (Å²) in [5.41, 5.74) is 0.644. The number of fused-ring (bicyclic) bond motifs is 2. The van der Waals surface area contributed by atoms with Gasteiger partial charge in [-0.05, 0) is 61.6 Å². The summed E-state index contributed by atoms with van der Waals surface area (Å²) in [5, 5.41) is 18.7. The molecule has 0 saturated carbocycles. The maximum Gasteiger partial charge on any atom is 0.307 e. The molecule has 0 fully saturated rings. The van der Waals surface area contributed by atoms with Crippen LogP contribution < -0.4 is 10.3 Å². The lowest BCUT2D eigenvalue weighted by Gasteiger charge is -2.11. The molecule has 1 unspecified atom stereocenters. The standard InChI is InChI=1S/C27H29N3O6/c1-17(2)6-5-13-35-20-9-10-24-19(14-20)16-25(36-24)23(31)15-18(27(33)34)11-12-30-26(32)21-7-3-4-8-22(21)28-29-30/h3-4,7-10,14,16-18H,5-6,11-13,15H2,1-2H3,(H,33,34). The average molecular weight is 492 g/mol. The van der Waals surface area contributed by atoms with Gasteiger partial charge in [-0.3, -0.25) is 14.4 Å². The number of carbonyl (C=O) groups is 2. The van der Waals surface area contributed by atoms with Gasteiger partial charge >= 0.3 is 5.97 Å². The summed E-state index contributed by atoms with van der Waals surface area (Å²) in [5.74, 6) is -1.15. The number of ether oxygens (including phenoxy) is 1. The minimum Gasteiger partial charge on any atom is -0.494 e. The first-order valence-corrected chi connectivity index (χ1v) is 12.1. The van der Waals surface area contributed by atoms with Crippen LogP contribution in [-0.2, 0) is 11.3 Å². The molecule has 2 heterocycles. The van der Waals surface area contributed by atoms with Crippen molar-refractivity contribution in [3.05, 3.63) is 64.6 Å². The van der Waals surface area contributed by atoms with Gasteiger partial charge in [0.2, 0.25) is 0 Å². The fourth-order valence-electron chi connectivity index (χ4n) is 4.02. The van der Waals surface area contributed by atoms with Gasteiger partial charge in [-0.2, -0.15) is 0 Å². The number of hydrogen-bond acceptors (Lipinski definition) is 7. The molecule has 2 aromatic carbocycles. The summed E-state index contributed by atoms with van der Waals surface area (Å²) in [6.07, 6.45) is 1.82. The molecule has 0 spiro atoms. The Bertz CT molecular complexity index is 1440. The van der Waals surface area contributed by atoms with Gasteiger partial charge in [0, 0.05) is 18.4 Å². The van der Waals surface area contributed by atoms with Crippen LogP contribution in [0, 0.1) is 11.8 Å². The summed E-state index contributed by atoms with van der Waals surface area (Å²) in [7, 11) is 0. The maximum atomic E-state index is 12.9. The topological polar surface area (TPSA) is 125 Å². The van der Waals surface area contributed by atoms with Crippen LogP contribution in [0.4, 0.5) is 0 Å². The molecule has 0 amide bonds. The van der Waals surface area contributed by atoms with Crippen LogP contribution in [0.1, 0.15) is 50.1 Å². The minimum atomic E-state index is -1.13. The molecule has 0 aliphatic rings. The van der Waals surface area contributed by atoms with Crippen molar-refractivity contribution in [3.63, 3.8) is 0 Å². The van der Waals surface area contributed by atoms with Crippen molar-refractivity contribution >= 4 is 33.6 Å². The van der Waals surface area contributed by atoms with E-state index in [4.69, 9.17) is 9.15 Å². The normalized spacial score (nSPS) is 12.3. The molecule has 188 valence electrons. The van der Waals surface area contributed by atoms with E-state index < -0.39 is 17.7 Å². The fraction of sp³-hybridized carbons (Fsp3) is 0.370. The van der Waals surface area contributed by atoms with Crippen LogP contribution in [0.5, 0.6) is 5.75 Å². The summed E-state index contributed by atoms with van der Waals surface area (Å²) >= 11 is 0. The van der Waals surface area contributed by atoms with Gasteiger partial charge in [0.15, 0.2) is 11.5 Å². The lowest BCUT2D eigenvalue weighted by atomic mass is 9.98. The summed E-state index contributed by atoms with van der Waals surface area (Å²) in [4.78, 5) is 37.3. The third-order valence-corrected chi connectivity index (χ3v) is 6.06. The Balaban J connectivity index is 1.41. The number of aliphatic carboxylic acids is 1. The van der Waals surface area contributed by atoms with Crippen molar-refractivity contribution in [2.75, 3.05) is 6.61 Å². The van der Waals surface area contributed by atoms with Gasteiger partial charge in [-0.25, -0.2) is 4.68 Å². The van der Waals surface area contributed by atoms with E-state index in [2.05, 4.69) is 24.2 Å². The van der Waals surface area contributed by atoms with Gasteiger partial charge in [0.25, 0.3) is 5.56 Å². The summed E-state index contributed by atoms with van der Waals surface area (Å²) in [6, 6.07) is 13.8. The van der Waals surface area contributed by atoms with Crippen LogP contribution in [0.3, 0.4) is 0 Å². The van der Waals surface area contributed by atoms with Crippen LogP contribution in [-0.4, -0.2) is 38.5 Å². The first-order chi connectivity index (χ1) is 17.3. The second kappa shape index (κ2) is 11.2. The zero-order valence-electron chi connectivity index (χ0n) is 20.3. The Labute approximate surface area is 207 Å². The Morgan fingerprint density at radius 1 is 1.11 bits per heavy atom. The number of carboxylic acids is 1. The molecule has 2 aromatic heterocycles. The van der Waals surface area contributed by atoms with Crippen molar-refractivity contribution in [1.29, 1.82) is 0 Å². The highest BCUT2D eigenvalue weighted by molar-refractivity contribution is 5.99. The molecule has 1 N–H and O–H groups in total. The number of aromatic nitrogens is 3. The van der Waals surface area contributed by atoms with E-state index in [0.29, 0.717) is 40.1 Å². The highest BCUT2D eigenvalue weighted by Gasteiger charge is 2.24. The number of carboxylic acid groups (broad SMARTS) is 1. The van der Waals surface area contributed by atoms with Gasteiger partial charge in [0.05, 0.1) is 17.9 Å². The number of furan rings is 1. The molecular formula is C27H29N3O6. The predicted octanol–water partition coefficient (Wildman–Crippen LogP) is 4.72. The summed E-state index contributed by atoms with van der Waals surface area (Å²) in [6.45, 7) is 4.97. The van der Waals surface area contributed by atoms with Crippen molar-refractivity contribution in [2.45, 2.75) is 46.1 Å². The SMILES string of the molecule is CC(C)CCCOc1ccc2oc(C(=O)CC(CCn3nnc4ccccc4c3=O)C(=O)O)cc2c1. The second-order valence-corrected chi connectivity index (χ2v) is 9.28. The maximum absolute atomic E-state index is 12.9. The van der Waals surface area contributed by atoms with E-state index in [-0.39, 0.29) is 30.7 Å². The van der Waals surface area contributed by atoms with Crippen LogP contribution in [0.2, 0.25) is 0 Å². The van der Waals surface area contributed by atoms with E-state index >= 15 is 0 Å². The van der Waals surface area contributed by atoms with Crippen LogP contribution in [0.15, 0.2) is 57.7 Å². The number of benzene rings is 2. The number of Topliss-reactive ketones (excluding diaryl/α,β-unsaturated/α-hetero) is 1. The van der Waals surface area contributed by atoms with Gasteiger partial charge in [-0.15, -0.1) is 5.10 Å². The average Bonchev–Trinajstić information content (AvgIpc) is 3.29. The van der Waals surface area contributed by atoms with Crippen molar-refractivity contribution in [3.8, 4) is 5.75 Å². The Hall–Kier alpha value is -4.01. The second-order valence-electron chi connectivity index (χ2n) is 9.28. The molecule has 0 radical (unpaired) electrons. The third-order valence-electron chi connectivity index (χ3n) is 6.06. The molecule has 9 nitrogen and oxygen atoms in total. The first kappa shape index (κ1) is 25.1. The number of aryl methyl sites for hydroxylation is 1. The number of ketones is 1. The molecule has 4 rings (SSSR count). The van der Waals surface area contributed by atoms with Gasteiger partial charge in [-0.1, -0.05) is 31.2 Å². The van der Waals surface area contributed by atoms with E-state index in [1.165, 1.54) is 0 Å². The minimum absolute atomic E-state index is 0.0263. The van der Waals surface area contributed by atoms with Crippen molar-refractivity contribution < 1.29 is 23.8 Å². The molecule has 9 heteroatoms. The Morgan fingerprint density at radius 2 is 1.92 bits per heavy atom. The van der Waals surface area contributed by atoms with E-state index in [1.54, 1.807) is 42.5 Å². The quantitative estimate of drug-likeness (QED) is 0.223. The van der Waals surface area contributed by atoms with Crippen molar-refractivity contribution in [2.24, 2.45) is 11.8 Å². The molecule has 36 heavy (non-hydrogen) atoms. The van der Waals surface area contributed by atoms with Gasteiger partial charge in [0.1, 0.15) is 16.8 Å². The number of hydrogen-bond donors (Lipinski definition) is 1. The highest BCUT2D eigenvalue weighted by atomic mass is 16.5. The zero-order valence-corrected chi connectivity index (χ0v) is 20.3. The summed E-state index contributed by atoms with van der Waals surface area (Å²) < 4.78 is 12.6. The first-order valence-electron chi connectivity index (χ1n) is 12.1. The van der Waals surface area contributed by atoms with Crippen LogP contribution >= 0.6 is 0 Å². The smallest absolute Gasteiger partial charge is 0.307 e. The monoisotopic (exact) mass is 491 g/mol. The molecule has 0 bridgehead atoms. The third kappa shape index (κ3) is 5.97. The highest BCUT2D eigenvalue weighted by Crippen LogP contribution is 2.26. The zero-order chi connectivity index (χ0) is 25.7. The molecule has 0 aliphatic carbocycles. The lowest BCUT2D eigenvalue weighted by molar-refractivity contribution is -0.142. The predicted molar refractivity (Wildman–Crippen MR) is 134 cm³/mol. The van der Waals surface area contributed by atoms with E-state index in [0.717, 1.165) is 17.5 Å². The Kier molecular flexibility index (Phi) is 7.77. The van der Waals surface area contributed by atoms with Gasteiger partial charge < -0.3 is 14.3 Å². The van der Waals surface area contributed by atoms with E-state index in [9.17, 15) is 19.5 Å². The van der Waals surface area contributed by atoms with Crippen LogP contribution in [0.25, 0.3) is 21.9 Å². The molecule has 0 saturated heterocycles. The number of nitrogens with zero attached hydrogens (tertiary/aromatic N) is 3. The number of rotatable bonds is 12. The molecule has 0 aliphatic heterocycles. The molecule has 1 atom stereocenters. The lowest BCUT2D eigenvalue weighted by Crippen LogP contribution is -2.27. The molecule has 4 aromatic rings. The van der Waals surface area contributed by atoms with Crippen molar-refractivity contribution in [1.82, 2.24) is 15.0 Å². The number of carbonyl (C=O) groups excluding carboxylic acids is 1. The fourth-order valence-corrected chi connectivity index (χ4v) is 4.02. The largest absolute Gasteiger partial charge is 0.494 e.